The van der Waals surface area contributed by atoms with E-state index in [2.05, 4.69) is 27.5 Å². The molecule has 1 aromatic carbocycles. The van der Waals surface area contributed by atoms with Crippen molar-refractivity contribution in [1.29, 1.82) is 0 Å². The van der Waals surface area contributed by atoms with Crippen LogP contribution in [-0.4, -0.2) is 20.7 Å². The summed E-state index contributed by atoms with van der Waals surface area (Å²) in [5, 5.41) is 8.98. The Hall–Kier alpha value is -2.47. The second-order valence-corrected chi connectivity index (χ2v) is 5.27. The summed E-state index contributed by atoms with van der Waals surface area (Å²) in [6, 6.07) is 12.0. The molecule has 0 aliphatic heterocycles. The Labute approximate surface area is 126 Å². The van der Waals surface area contributed by atoms with Crippen molar-refractivity contribution in [1.82, 2.24) is 20.1 Å². The molecule has 0 saturated heterocycles. The SMILES string of the molecule is O=C(NCc1ccn(Cc2ccccc2)n1)c1cscn1. The smallest absolute Gasteiger partial charge is 0.271 e. The van der Waals surface area contributed by atoms with Gasteiger partial charge in [0.05, 0.1) is 24.3 Å². The van der Waals surface area contributed by atoms with E-state index >= 15 is 0 Å². The average molecular weight is 298 g/mol. The average Bonchev–Trinajstić information content (AvgIpc) is 3.17. The van der Waals surface area contributed by atoms with Gasteiger partial charge in [-0.15, -0.1) is 11.3 Å². The Morgan fingerprint density at radius 2 is 2.10 bits per heavy atom. The predicted molar refractivity (Wildman–Crippen MR) is 81.1 cm³/mol. The quantitative estimate of drug-likeness (QED) is 0.786. The van der Waals surface area contributed by atoms with E-state index in [9.17, 15) is 4.79 Å². The van der Waals surface area contributed by atoms with Crippen LogP contribution in [0.3, 0.4) is 0 Å². The second kappa shape index (κ2) is 6.32. The maximum absolute atomic E-state index is 11.8. The highest BCUT2D eigenvalue weighted by Crippen LogP contribution is 2.04. The number of aromatic nitrogens is 3. The fraction of sp³-hybridized carbons (Fsp3) is 0.133. The van der Waals surface area contributed by atoms with Crippen LogP contribution in [0.4, 0.5) is 0 Å². The van der Waals surface area contributed by atoms with E-state index in [-0.39, 0.29) is 5.91 Å². The van der Waals surface area contributed by atoms with Crippen LogP contribution in [0.2, 0.25) is 0 Å². The summed E-state index contributed by atoms with van der Waals surface area (Å²) in [7, 11) is 0. The van der Waals surface area contributed by atoms with Crippen molar-refractivity contribution in [2.75, 3.05) is 0 Å². The van der Waals surface area contributed by atoms with E-state index in [1.54, 1.807) is 10.9 Å². The van der Waals surface area contributed by atoms with Crippen LogP contribution in [-0.2, 0) is 13.1 Å². The van der Waals surface area contributed by atoms with Crippen molar-refractivity contribution in [3.8, 4) is 0 Å². The van der Waals surface area contributed by atoms with Crippen LogP contribution in [0.1, 0.15) is 21.7 Å². The number of amides is 1. The number of thiazole rings is 1. The Morgan fingerprint density at radius 3 is 2.86 bits per heavy atom. The largest absolute Gasteiger partial charge is 0.345 e. The second-order valence-electron chi connectivity index (χ2n) is 4.55. The molecule has 0 aliphatic rings. The van der Waals surface area contributed by atoms with Crippen LogP contribution in [0.15, 0.2) is 53.5 Å². The molecule has 2 heterocycles. The molecule has 5 nitrogen and oxygen atoms in total. The molecule has 0 saturated carbocycles. The number of hydrogen-bond acceptors (Lipinski definition) is 4. The Balaban J connectivity index is 1.57. The van der Waals surface area contributed by atoms with E-state index in [4.69, 9.17) is 0 Å². The molecular weight excluding hydrogens is 284 g/mol. The molecule has 2 aromatic heterocycles. The molecule has 0 atom stereocenters. The zero-order valence-corrected chi connectivity index (χ0v) is 12.1. The van der Waals surface area contributed by atoms with Crippen LogP contribution in [0, 0.1) is 0 Å². The van der Waals surface area contributed by atoms with Gasteiger partial charge in [0.2, 0.25) is 0 Å². The minimum absolute atomic E-state index is 0.172. The fourth-order valence-corrected chi connectivity index (χ4v) is 2.47. The van der Waals surface area contributed by atoms with Crippen molar-refractivity contribution >= 4 is 17.2 Å². The maximum Gasteiger partial charge on any atom is 0.271 e. The Morgan fingerprint density at radius 1 is 1.24 bits per heavy atom. The zero-order chi connectivity index (χ0) is 14.5. The first-order chi connectivity index (χ1) is 10.3. The predicted octanol–water partition coefficient (Wildman–Crippen LogP) is 2.32. The summed E-state index contributed by atoms with van der Waals surface area (Å²) in [4.78, 5) is 15.7. The molecule has 3 rings (SSSR count). The van der Waals surface area contributed by atoms with Gasteiger partial charge in [-0.2, -0.15) is 5.10 Å². The summed E-state index contributed by atoms with van der Waals surface area (Å²) in [5.41, 5.74) is 4.11. The lowest BCUT2D eigenvalue weighted by atomic mass is 10.2. The lowest BCUT2D eigenvalue weighted by Gasteiger charge is -2.02. The van der Waals surface area contributed by atoms with Gasteiger partial charge in [0.25, 0.3) is 5.91 Å². The number of carbonyl (C=O) groups is 1. The molecule has 21 heavy (non-hydrogen) atoms. The third-order valence-corrected chi connectivity index (χ3v) is 3.56. The van der Waals surface area contributed by atoms with Crippen LogP contribution in [0.25, 0.3) is 0 Å². The molecule has 0 aliphatic carbocycles. The number of nitrogens with zero attached hydrogens (tertiary/aromatic N) is 3. The molecule has 0 unspecified atom stereocenters. The van der Waals surface area contributed by atoms with E-state index in [0.717, 1.165) is 12.2 Å². The summed E-state index contributed by atoms with van der Waals surface area (Å²) in [6.45, 7) is 1.12. The first-order valence-corrected chi connectivity index (χ1v) is 7.48. The minimum Gasteiger partial charge on any atom is -0.345 e. The van der Waals surface area contributed by atoms with Gasteiger partial charge in [-0.3, -0.25) is 9.48 Å². The molecule has 3 aromatic rings. The Bertz CT molecular complexity index is 706. The molecule has 0 bridgehead atoms. The van der Waals surface area contributed by atoms with Crippen LogP contribution < -0.4 is 5.32 Å². The van der Waals surface area contributed by atoms with Gasteiger partial charge >= 0.3 is 0 Å². The van der Waals surface area contributed by atoms with E-state index in [0.29, 0.717) is 12.2 Å². The summed E-state index contributed by atoms with van der Waals surface area (Å²) in [6.07, 6.45) is 1.91. The molecule has 6 heteroatoms. The summed E-state index contributed by atoms with van der Waals surface area (Å²) >= 11 is 1.40. The molecule has 106 valence electrons. The van der Waals surface area contributed by atoms with E-state index in [1.807, 2.05) is 35.1 Å². The minimum atomic E-state index is -0.172. The summed E-state index contributed by atoms with van der Waals surface area (Å²) < 4.78 is 1.86. The third kappa shape index (κ3) is 3.55. The van der Waals surface area contributed by atoms with Gasteiger partial charge in [0.1, 0.15) is 5.69 Å². The number of nitrogens with one attached hydrogen (secondary N) is 1. The highest BCUT2D eigenvalue weighted by atomic mass is 32.1. The highest BCUT2D eigenvalue weighted by molar-refractivity contribution is 7.07. The summed E-state index contributed by atoms with van der Waals surface area (Å²) in [5.74, 6) is -0.172. The van der Waals surface area contributed by atoms with Crippen molar-refractivity contribution in [2.45, 2.75) is 13.1 Å². The number of benzene rings is 1. The van der Waals surface area contributed by atoms with Gasteiger partial charge in [-0.25, -0.2) is 4.98 Å². The molecule has 1 N–H and O–H groups in total. The monoisotopic (exact) mass is 298 g/mol. The van der Waals surface area contributed by atoms with Crippen LogP contribution in [0.5, 0.6) is 0 Å². The fourth-order valence-electron chi connectivity index (χ4n) is 1.94. The first-order valence-electron chi connectivity index (χ1n) is 6.54. The molecular formula is C15H14N4OS. The van der Waals surface area contributed by atoms with Crippen molar-refractivity contribution in [2.24, 2.45) is 0 Å². The lowest BCUT2D eigenvalue weighted by Crippen LogP contribution is -2.23. The molecule has 1 amide bonds. The number of rotatable bonds is 5. The van der Waals surface area contributed by atoms with Crippen molar-refractivity contribution in [3.63, 3.8) is 0 Å². The van der Waals surface area contributed by atoms with Gasteiger partial charge in [0, 0.05) is 11.6 Å². The first kappa shape index (κ1) is 13.5. The van der Waals surface area contributed by atoms with Gasteiger partial charge < -0.3 is 5.32 Å². The zero-order valence-electron chi connectivity index (χ0n) is 11.3. The van der Waals surface area contributed by atoms with Gasteiger partial charge in [-0.05, 0) is 11.6 Å². The molecule has 0 radical (unpaired) electrons. The Kier molecular flexibility index (Phi) is 4.07. The maximum atomic E-state index is 11.8. The molecule has 0 spiro atoms. The van der Waals surface area contributed by atoms with E-state index < -0.39 is 0 Å². The normalized spacial score (nSPS) is 10.5. The number of carbonyl (C=O) groups excluding carboxylic acids is 1. The van der Waals surface area contributed by atoms with E-state index in [1.165, 1.54) is 16.9 Å². The van der Waals surface area contributed by atoms with Gasteiger partial charge in [-0.1, -0.05) is 30.3 Å². The topological polar surface area (TPSA) is 59.8 Å². The van der Waals surface area contributed by atoms with Gasteiger partial charge in [0.15, 0.2) is 0 Å². The molecule has 0 fully saturated rings. The van der Waals surface area contributed by atoms with Crippen molar-refractivity contribution in [3.05, 3.63) is 70.4 Å². The standard InChI is InChI=1S/C15H14N4OS/c20-15(14-10-21-11-17-14)16-8-13-6-7-19(18-13)9-12-4-2-1-3-5-12/h1-7,10-11H,8-9H2,(H,16,20). The number of hydrogen-bond donors (Lipinski definition) is 1. The lowest BCUT2D eigenvalue weighted by molar-refractivity contribution is 0.0946. The van der Waals surface area contributed by atoms with Crippen LogP contribution >= 0.6 is 11.3 Å². The third-order valence-electron chi connectivity index (χ3n) is 2.98. The highest BCUT2D eigenvalue weighted by Gasteiger charge is 2.08. The van der Waals surface area contributed by atoms with Crippen molar-refractivity contribution < 1.29 is 4.79 Å².